The standard InChI is InChI=1S/C18H20N6O3S/c1-28(26,27)15-5-3-2-4-12(15)13-6-7-17-21-10-14(24(17)23-13)18(25)22-16-11-19-8-9-20-16/h2-7,10-11,17,19-21H,8-9H2,1H3,(H,22,25). The Kier molecular flexibility index (Phi) is 4.55. The van der Waals surface area contributed by atoms with Crippen LogP contribution in [0.15, 0.2) is 70.3 Å². The van der Waals surface area contributed by atoms with E-state index in [1.54, 1.807) is 47.8 Å². The highest BCUT2D eigenvalue weighted by atomic mass is 32.2. The van der Waals surface area contributed by atoms with Gasteiger partial charge in [0.1, 0.15) is 17.7 Å². The van der Waals surface area contributed by atoms with Crippen LogP contribution in [0, 0.1) is 0 Å². The van der Waals surface area contributed by atoms with Crippen LogP contribution in [0.5, 0.6) is 0 Å². The van der Waals surface area contributed by atoms with E-state index in [-0.39, 0.29) is 17.0 Å². The van der Waals surface area contributed by atoms with E-state index in [0.29, 0.717) is 29.3 Å². The maximum Gasteiger partial charge on any atom is 0.276 e. The minimum absolute atomic E-state index is 0.196. The molecular formula is C18H20N6O3S. The first-order valence-corrected chi connectivity index (χ1v) is 10.6. The van der Waals surface area contributed by atoms with Gasteiger partial charge in [-0.25, -0.2) is 13.4 Å². The number of allylic oxidation sites excluding steroid dienone is 1. The quantitative estimate of drug-likeness (QED) is 0.541. The van der Waals surface area contributed by atoms with Crippen LogP contribution in [-0.2, 0) is 14.6 Å². The largest absolute Gasteiger partial charge is 0.386 e. The van der Waals surface area contributed by atoms with Crippen LogP contribution in [0.3, 0.4) is 0 Å². The number of nitrogens with one attached hydrogen (secondary N) is 4. The number of benzene rings is 1. The minimum atomic E-state index is -3.42. The molecule has 3 aliphatic rings. The third kappa shape index (κ3) is 3.46. The first-order valence-electron chi connectivity index (χ1n) is 8.74. The fraction of sp³-hybridized carbons (Fsp3) is 0.222. The number of hydrogen-bond acceptors (Lipinski definition) is 8. The van der Waals surface area contributed by atoms with Crippen LogP contribution in [0.2, 0.25) is 0 Å². The summed E-state index contributed by atoms with van der Waals surface area (Å²) < 4.78 is 24.2. The first kappa shape index (κ1) is 18.1. The van der Waals surface area contributed by atoms with Crippen molar-refractivity contribution >= 4 is 21.5 Å². The van der Waals surface area contributed by atoms with E-state index in [0.717, 1.165) is 12.8 Å². The summed E-state index contributed by atoms with van der Waals surface area (Å²) in [5, 5.41) is 18.1. The predicted molar refractivity (Wildman–Crippen MR) is 104 cm³/mol. The third-order valence-electron chi connectivity index (χ3n) is 4.43. The van der Waals surface area contributed by atoms with Crippen LogP contribution in [0.4, 0.5) is 0 Å². The summed E-state index contributed by atoms with van der Waals surface area (Å²) >= 11 is 0. The van der Waals surface area contributed by atoms with E-state index in [1.165, 1.54) is 0 Å². The van der Waals surface area contributed by atoms with Gasteiger partial charge in [0.25, 0.3) is 5.91 Å². The molecule has 1 unspecified atom stereocenters. The van der Waals surface area contributed by atoms with Gasteiger partial charge in [0.15, 0.2) is 9.84 Å². The van der Waals surface area contributed by atoms with Gasteiger partial charge in [-0.2, -0.15) is 5.10 Å². The van der Waals surface area contributed by atoms with Crippen LogP contribution >= 0.6 is 0 Å². The molecular weight excluding hydrogens is 380 g/mol. The molecule has 28 heavy (non-hydrogen) atoms. The lowest BCUT2D eigenvalue weighted by Gasteiger charge is -2.26. The van der Waals surface area contributed by atoms with E-state index < -0.39 is 9.84 Å². The van der Waals surface area contributed by atoms with Gasteiger partial charge >= 0.3 is 0 Å². The Hall–Kier alpha value is -3.27. The van der Waals surface area contributed by atoms with Crippen molar-refractivity contribution in [3.63, 3.8) is 0 Å². The van der Waals surface area contributed by atoms with E-state index >= 15 is 0 Å². The van der Waals surface area contributed by atoms with Crippen LogP contribution in [-0.4, -0.2) is 50.6 Å². The molecule has 4 rings (SSSR count). The molecule has 0 aliphatic carbocycles. The Morgan fingerprint density at radius 1 is 1.25 bits per heavy atom. The topological polar surface area (TPSA) is 115 Å². The van der Waals surface area contributed by atoms with Gasteiger partial charge in [-0.3, -0.25) is 4.79 Å². The van der Waals surface area contributed by atoms with Crippen molar-refractivity contribution in [1.82, 2.24) is 26.3 Å². The maximum atomic E-state index is 12.7. The highest BCUT2D eigenvalue weighted by molar-refractivity contribution is 7.90. The van der Waals surface area contributed by atoms with Gasteiger partial charge in [0.05, 0.1) is 10.6 Å². The Balaban J connectivity index is 1.62. The van der Waals surface area contributed by atoms with Gasteiger partial charge in [-0.05, 0) is 18.2 Å². The Morgan fingerprint density at radius 2 is 2.07 bits per heavy atom. The molecule has 1 atom stereocenters. The second-order valence-electron chi connectivity index (χ2n) is 6.49. The molecule has 146 valence electrons. The monoisotopic (exact) mass is 400 g/mol. The average Bonchev–Trinajstić information content (AvgIpc) is 3.11. The van der Waals surface area contributed by atoms with Crippen molar-refractivity contribution in [2.45, 2.75) is 11.1 Å². The first-order chi connectivity index (χ1) is 13.4. The van der Waals surface area contributed by atoms with Crippen molar-refractivity contribution in [3.8, 4) is 0 Å². The zero-order chi connectivity index (χ0) is 19.7. The predicted octanol–water partition coefficient (Wildman–Crippen LogP) is -0.455. The number of hydrogen-bond donors (Lipinski definition) is 4. The van der Waals surface area contributed by atoms with Crippen molar-refractivity contribution in [3.05, 3.63) is 65.9 Å². The van der Waals surface area contributed by atoms with Gasteiger partial charge in [-0.15, -0.1) is 0 Å². The normalized spacial score (nSPS) is 20.7. The Labute approximate surface area is 162 Å². The summed E-state index contributed by atoms with van der Waals surface area (Å²) in [6.07, 6.45) is 7.74. The number of hydrazone groups is 1. The molecule has 0 saturated carbocycles. The molecule has 0 bridgehead atoms. The van der Waals surface area contributed by atoms with E-state index in [1.807, 2.05) is 6.08 Å². The highest BCUT2D eigenvalue weighted by Crippen LogP contribution is 2.24. The molecule has 1 aromatic rings. The molecule has 10 heteroatoms. The minimum Gasteiger partial charge on any atom is -0.386 e. The van der Waals surface area contributed by atoms with Crippen molar-refractivity contribution in [1.29, 1.82) is 0 Å². The Bertz CT molecular complexity index is 1040. The van der Waals surface area contributed by atoms with E-state index in [2.05, 4.69) is 26.4 Å². The molecule has 1 amide bonds. The molecule has 1 aromatic carbocycles. The van der Waals surface area contributed by atoms with Gasteiger partial charge in [0, 0.05) is 37.3 Å². The molecule has 0 radical (unpaired) electrons. The highest BCUT2D eigenvalue weighted by Gasteiger charge is 2.32. The van der Waals surface area contributed by atoms with E-state index in [4.69, 9.17) is 0 Å². The maximum absolute atomic E-state index is 12.7. The van der Waals surface area contributed by atoms with Crippen molar-refractivity contribution in [2.24, 2.45) is 5.10 Å². The second kappa shape index (κ2) is 7.04. The van der Waals surface area contributed by atoms with Crippen LogP contribution in [0.25, 0.3) is 0 Å². The number of amides is 1. The smallest absolute Gasteiger partial charge is 0.276 e. The zero-order valence-electron chi connectivity index (χ0n) is 15.1. The number of rotatable bonds is 4. The van der Waals surface area contributed by atoms with Crippen LogP contribution < -0.4 is 21.3 Å². The average molecular weight is 400 g/mol. The summed E-state index contributed by atoms with van der Waals surface area (Å²) in [7, 11) is -3.42. The number of carbonyl (C=O) groups excluding carboxylic acids is 1. The lowest BCUT2D eigenvalue weighted by atomic mass is 10.1. The zero-order valence-corrected chi connectivity index (χ0v) is 16.0. The number of fused-ring (bicyclic) bond motifs is 1. The van der Waals surface area contributed by atoms with E-state index in [9.17, 15) is 13.2 Å². The molecule has 9 nitrogen and oxygen atoms in total. The molecule has 0 saturated heterocycles. The summed E-state index contributed by atoms with van der Waals surface area (Å²) in [5.41, 5.74) is 1.29. The third-order valence-corrected chi connectivity index (χ3v) is 5.58. The number of sulfone groups is 1. The van der Waals surface area contributed by atoms with Gasteiger partial charge in [0.2, 0.25) is 0 Å². The fourth-order valence-corrected chi connectivity index (χ4v) is 4.01. The molecule has 0 spiro atoms. The fourth-order valence-electron chi connectivity index (χ4n) is 3.11. The summed E-state index contributed by atoms with van der Waals surface area (Å²) in [5.74, 6) is 0.257. The van der Waals surface area contributed by atoms with Gasteiger partial charge < -0.3 is 21.3 Å². The lowest BCUT2D eigenvalue weighted by molar-refractivity contribution is -0.118. The molecule has 3 heterocycles. The van der Waals surface area contributed by atoms with Crippen LogP contribution in [0.1, 0.15) is 5.56 Å². The number of carbonyl (C=O) groups is 1. The molecule has 4 N–H and O–H groups in total. The Morgan fingerprint density at radius 3 is 2.82 bits per heavy atom. The van der Waals surface area contributed by atoms with Crippen molar-refractivity contribution < 1.29 is 13.2 Å². The summed E-state index contributed by atoms with van der Waals surface area (Å²) in [4.78, 5) is 12.9. The molecule has 0 fully saturated rings. The molecule has 3 aliphatic heterocycles. The summed E-state index contributed by atoms with van der Waals surface area (Å²) in [6, 6.07) is 6.68. The lowest BCUT2D eigenvalue weighted by Crippen LogP contribution is -2.43. The van der Waals surface area contributed by atoms with Gasteiger partial charge in [-0.1, -0.05) is 18.2 Å². The van der Waals surface area contributed by atoms with Crippen molar-refractivity contribution in [2.75, 3.05) is 19.3 Å². The number of nitrogens with zero attached hydrogens (tertiary/aromatic N) is 2. The SMILES string of the molecule is CS(=O)(=O)c1ccccc1C1=NN2C(C(=O)NC3=CNCCN3)=CNC2C=C1. The summed E-state index contributed by atoms with van der Waals surface area (Å²) in [6.45, 7) is 1.50. The molecule has 0 aromatic heterocycles. The second-order valence-corrected chi connectivity index (χ2v) is 8.48.